The third-order valence-electron chi connectivity index (χ3n) is 2.54. The Morgan fingerprint density at radius 1 is 1.35 bits per heavy atom. The van der Waals surface area contributed by atoms with Crippen LogP contribution >= 0.6 is 0 Å². The Hall–Kier alpha value is -1.27. The fourth-order valence-electron chi connectivity index (χ4n) is 1.72. The van der Waals surface area contributed by atoms with Gasteiger partial charge in [0.25, 0.3) is 0 Å². The highest BCUT2D eigenvalue weighted by atomic mass is 19.4. The fraction of sp³-hybridized carbons (Fsp3) is 0.455. The number of nitrogens with two attached hydrogens (primary N) is 1. The van der Waals surface area contributed by atoms with E-state index in [-0.39, 0.29) is 6.61 Å². The van der Waals surface area contributed by atoms with Crippen molar-refractivity contribution in [3.05, 3.63) is 29.8 Å². The summed E-state index contributed by atoms with van der Waals surface area (Å²) in [7, 11) is 0. The van der Waals surface area contributed by atoms with Crippen LogP contribution in [0.1, 0.15) is 11.6 Å². The van der Waals surface area contributed by atoms with Gasteiger partial charge in [0.05, 0.1) is 6.04 Å². The maximum Gasteiger partial charge on any atom is 0.411 e. The van der Waals surface area contributed by atoms with Crippen molar-refractivity contribution in [3.8, 4) is 5.75 Å². The molecule has 0 aromatic heterocycles. The summed E-state index contributed by atoms with van der Waals surface area (Å²) in [6, 6.07) is 6.40. The highest BCUT2D eigenvalue weighted by molar-refractivity contribution is 5.38. The van der Waals surface area contributed by atoms with E-state index < -0.39 is 24.9 Å². The quantitative estimate of drug-likeness (QED) is 0.869. The number of alkyl halides is 3. The Morgan fingerprint density at radius 3 is 2.76 bits per heavy atom. The van der Waals surface area contributed by atoms with Gasteiger partial charge in [-0.2, -0.15) is 13.2 Å². The van der Waals surface area contributed by atoms with Crippen LogP contribution in [-0.4, -0.2) is 25.5 Å². The predicted molar refractivity (Wildman–Crippen MR) is 54.7 cm³/mol. The summed E-state index contributed by atoms with van der Waals surface area (Å²) in [5.41, 5.74) is 6.52. The molecule has 3 nitrogen and oxygen atoms in total. The zero-order valence-corrected chi connectivity index (χ0v) is 8.91. The summed E-state index contributed by atoms with van der Waals surface area (Å²) in [4.78, 5) is 0. The van der Waals surface area contributed by atoms with Gasteiger partial charge in [0.15, 0.2) is 0 Å². The lowest BCUT2D eigenvalue weighted by Gasteiger charge is -2.31. The van der Waals surface area contributed by atoms with Gasteiger partial charge >= 0.3 is 6.18 Å². The van der Waals surface area contributed by atoms with Crippen LogP contribution in [0, 0.1) is 0 Å². The smallest absolute Gasteiger partial charge is 0.411 e. The maximum atomic E-state index is 12.0. The number of ether oxygens (including phenoxy) is 2. The first kappa shape index (κ1) is 12.2. The van der Waals surface area contributed by atoms with E-state index in [1.807, 2.05) is 0 Å². The van der Waals surface area contributed by atoms with Gasteiger partial charge in [0.1, 0.15) is 25.1 Å². The molecule has 0 fully saturated rings. The first-order chi connectivity index (χ1) is 7.97. The van der Waals surface area contributed by atoms with E-state index in [1.54, 1.807) is 24.3 Å². The minimum Gasteiger partial charge on any atom is -0.490 e. The standard InChI is InChI=1S/C11H12F3NO2/c12-11(13,14)6-17-9-5-16-8-4-2-1-3-7(8)10(9)15/h1-4,9-10H,5-6,15H2. The molecule has 0 bridgehead atoms. The first-order valence-corrected chi connectivity index (χ1v) is 5.13. The molecule has 0 saturated heterocycles. The zero-order valence-electron chi connectivity index (χ0n) is 8.91. The topological polar surface area (TPSA) is 44.5 Å². The Labute approximate surface area is 96.3 Å². The number of para-hydroxylation sites is 1. The van der Waals surface area contributed by atoms with Crippen molar-refractivity contribution in [2.75, 3.05) is 13.2 Å². The molecule has 2 atom stereocenters. The van der Waals surface area contributed by atoms with Crippen LogP contribution in [0.15, 0.2) is 24.3 Å². The molecule has 0 aliphatic carbocycles. The van der Waals surface area contributed by atoms with Crippen LogP contribution in [0.3, 0.4) is 0 Å². The van der Waals surface area contributed by atoms with Crippen molar-refractivity contribution in [1.82, 2.24) is 0 Å². The van der Waals surface area contributed by atoms with Crippen LogP contribution in [0.25, 0.3) is 0 Å². The van der Waals surface area contributed by atoms with Gasteiger partial charge in [-0.1, -0.05) is 18.2 Å². The van der Waals surface area contributed by atoms with Crippen LogP contribution in [0.5, 0.6) is 5.75 Å². The molecular weight excluding hydrogens is 235 g/mol. The molecule has 0 amide bonds. The van der Waals surface area contributed by atoms with Gasteiger partial charge in [-0.05, 0) is 6.07 Å². The molecule has 2 unspecified atom stereocenters. The molecule has 1 aromatic rings. The van der Waals surface area contributed by atoms with Gasteiger partial charge in [0, 0.05) is 5.56 Å². The minimum atomic E-state index is -4.35. The second kappa shape index (κ2) is 4.54. The lowest BCUT2D eigenvalue weighted by Crippen LogP contribution is -2.39. The zero-order chi connectivity index (χ0) is 12.5. The summed E-state index contributed by atoms with van der Waals surface area (Å²) in [6.07, 6.45) is -5.12. The van der Waals surface area contributed by atoms with Crippen molar-refractivity contribution in [1.29, 1.82) is 0 Å². The van der Waals surface area contributed by atoms with Gasteiger partial charge < -0.3 is 15.2 Å². The SMILES string of the molecule is NC1c2ccccc2OCC1OCC(F)(F)F. The first-order valence-electron chi connectivity index (χ1n) is 5.13. The molecule has 94 valence electrons. The largest absolute Gasteiger partial charge is 0.490 e. The maximum absolute atomic E-state index is 12.0. The average molecular weight is 247 g/mol. The van der Waals surface area contributed by atoms with Gasteiger partial charge in [-0.3, -0.25) is 0 Å². The summed E-state index contributed by atoms with van der Waals surface area (Å²) in [5, 5.41) is 0. The van der Waals surface area contributed by atoms with Gasteiger partial charge in [0.2, 0.25) is 0 Å². The van der Waals surface area contributed by atoms with Crippen molar-refractivity contribution >= 4 is 0 Å². The molecule has 1 aliphatic rings. The highest BCUT2D eigenvalue weighted by Gasteiger charge is 2.34. The lowest BCUT2D eigenvalue weighted by molar-refractivity contribution is -0.191. The lowest BCUT2D eigenvalue weighted by atomic mass is 9.99. The fourth-order valence-corrected chi connectivity index (χ4v) is 1.72. The predicted octanol–water partition coefficient (Wildman–Crippen LogP) is 2.03. The van der Waals surface area contributed by atoms with E-state index in [2.05, 4.69) is 0 Å². The molecule has 0 radical (unpaired) electrons. The number of halogens is 3. The number of rotatable bonds is 2. The second-order valence-electron chi connectivity index (χ2n) is 3.84. The third kappa shape index (κ3) is 2.89. The van der Waals surface area contributed by atoms with Gasteiger partial charge in [-0.15, -0.1) is 0 Å². The van der Waals surface area contributed by atoms with Crippen LogP contribution in [-0.2, 0) is 4.74 Å². The van der Waals surface area contributed by atoms with Crippen LogP contribution in [0.2, 0.25) is 0 Å². The van der Waals surface area contributed by atoms with Crippen LogP contribution in [0.4, 0.5) is 13.2 Å². The molecule has 1 aliphatic heterocycles. The second-order valence-corrected chi connectivity index (χ2v) is 3.84. The average Bonchev–Trinajstić information content (AvgIpc) is 2.27. The summed E-state index contributed by atoms with van der Waals surface area (Å²) in [5.74, 6) is 0.604. The van der Waals surface area contributed by atoms with E-state index in [0.29, 0.717) is 11.3 Å². The van der Waals surface area contributed by atoms with Gasteiger partial charge in [-0.25, -0.2) is 0 Å². The molecule has 17 heavy (non-hydrogen) atoms. The number of hydrogen-bond acceptors (Lipinski definition) is 3. The normalized spacial score (nSPS) is 24.0. The summed E-state index contributed by atoms with van der Waals surface area (Å²) >= 11 is 0. The Balaban J connectivity index is 2.05. The van der Waals surface area contributed by atoms with E-state index in [0.717, 1.165) is 0 Å². The molecule has 0 spiro atoms. The number of hydrogen-bond donors (Lipinski definition) is 1. The third-order valence-corrected chi connectivity index (χ3v) is 2.54. The Kier molecular flexibility index (Phi) is 3.26. The van der Waals surface area contributed by atoms with Crippen molar-refractivity contribution in [2.24, 2.45) is 5.73 Å². The summed E-state index contributed by atoms with van der Waals surface area (Å²) in [6.45, 7) is -1.27. The van der Waals surface area contributed by atoms with Crippen molar-refractivity contribution in [2.45, 2.75) is 18.3 Å². The number of benzene rings is 1. The molecule has 1 aromatic carbocycles. The minimum absolute atomic E-state index is 0.0360. The van der Waals surface area contributed by atoms with Crippen molar-refractivity contribution < 1.29 is 22.6 Å². The molecule has 2 N–H and O–H groups in total. The summed E-state index contributed by atoms with van der Waals surface area (Å²) < 4.78 is 46.1. The number of fused-ring (bicyclic) bond motifs is 1. The van der Waals surface area contributed by atoms with Crippen LogP contribution < -0.4 is 10.5 Å². The highest BCUT2D eigenvalue weighted by Crippen LogP contribution is 2.32. The Morgan fingerprint density at radius 2 is 2.06 bits per heavy atom. The molecule has 2 rings (SSSR count). The molecule has 1 heterocycles. The van der Waals surface area contributed by atoms with E-state index in [9.17, 15) is 13.2 Å². The molecule has 0 saturated carbocycles. The van der Waals surface area contributed by atoms with E-state index >= 15 is 0 Å². The monoisotopic (exact) mass is 247 g/mol. The van der Waals surface area contributed by atoms with Crippen molar-refractivity contribution in [3.63, 3.8) is 0 Å². The Bertz CT molecular complexity index is 395. The van der Waals surface area contributed by atoms with E-state index in [1.165, 1.54) is 0 Å². The van der Waals surface area contributed by atoms with E-state index in [4.69, 9.17) is 15.2 Å². The molecular formula is C11H12F3NO2. The molecule has 6 heteroatoms.